The maximum atomic E-state index is 12.0. The van der Waals surface area contributed by atoms with Crippen molar-refractivity contribution >= 4 is 22.6 Å². The van der Waals surface area contributed by atoms with Crippen molar-refractivity contribution in [3.05, 3.63) is 55.5 Å². The van der Waals surface area contributed by atoms with E-state index in [1.807, 2.05) is 54.6 Å². The van der Waals surface area contributed by atoms with Crippen LogP contribution in [-0.2, 0) is 6.54 Å². The number of nitrogens with zero attached hydrogens (tertiary/aromatic N) is 3. The Morgan fingerprint density at radius 3 is 2.82 bits per heavy atom. The summed E-state index contributed by atoms with van der Waals surface area (Å²) in [4.78, 5) is 20.5. The third-order valence-corrected chi connectivity index (χ3v) is 3.21. The third kappa shape index (κ3) is 2.71. The average Bonchev–Trinajstić information content (AvgIpc) is 2.30. The molecule has 88 valence electrons. The Balaban J connectivity index is 2.43. The van der Waals surface area contributed by atoms with Gasteiger partial charge in [0.15, 0.2) is 0 Å². The molecule has 17 heavy (non-hydrogen) atoms. The van der Waals surface area contributed by atoms with Gasteiger partial charge in [-0.2, -0.15) is 0 Å². The summed E-state index contributed by atoms with van der Waals surface area (Å²) < 4.78 is 2.27. The Morgan fingerprint density at radius 1 is 1.35 bits per heavy atom. The molecule has 0 aromatic carbocycles. The van der Waals surface area contributed by atoms with E-state index in [4.69, 9.17) is 0 Å². The van der Waals surface area contributed by atoms with Crippen molar-refractivity contribution < 1.29 is 0 Å². The van der Waals surface area contributed by atoms with Crippen molar-refractivity contribution in [1.29, 1.82) is 0 Å². The molecule has 0 aliphatic carbocycles. The van der Waals surface area contributed by atoms with Crippen LogP contribution in [0.3, 0.4) is 0 Å². The number of aryl methyl sites for hydroxylation is 2. The number of halogens is 1. The summed E-state index contributed by atoms with van der Waals surface area (Å²) >= 11 is 2.00. The zero-order chi connectivity index (χ0) is 12.4. The van der Waals surface area contributed by atoms with Gasteiger partial charge in [0.05, 0.1) is 15.8 Å². The largest absolute Gasteiger partial charge is 0.290 e. The van der Waals surface area contributed by atoms with Crippen LogP contribution in [0.5, 0.6) is 0 Å². The van der Waals surface area contributed by atoms with Crippen molar-refractivity contribution in [3.8, 4) is 0 Å². The topological polar surface area (TPSA) is 47.8 Å². The molecule has 2 aromatic heterocycles. The molecule has 0 aliphatic heterocycles. The lowest BCUT2D eigenvalue weighted by Gasteiger charge is -2.09. The zero-order valence-electron chi connectivity index (χ0n) is 9.64. The summed E-state index contributed by atoms with van der Waals surface area (Å²) in [7, 11) is 0. The highest BCUT2D eigenvalue weighted by Crippen LogP contribution is 2.03. The molecule has 0 atom stereocenters. The Labute approximate surface area is 113 Å². The Morgan fingerprint density at radius 2 is 2.12 bits per heavy atom. The zero-order valence-corrected chi connectivity index (χ0v) is 11.8. The number of hydrogen-bond acceptors (Lipinski definition) is 3. The first-order valence-corrected chi connectivity index (χ1v) is 6.30. The molecule has 2 heterocycles. The quantitative estimate of drug-likeness (QED) is 0.784. The van der Waals surface area contributed by atoms with Gasteiger partial charge in [0.1, 0.15) is 5.82 Å². The lowest BCUT2D eigenvalue weighted by atomic mass is 10.3. The van der Waals surface area contributed by atoms with Crippen molar-refractivity contribution in [2.45, 2.75) is 20.4 Å². The molecule has 0 radical (unpaired) electrons. The van der Waals surface area contributed by atoms with Crippen LogP contribution in [0.2, 0.25) is 0 Å². The molecule has 0 saturated heterocycles. The van der Waals surface area contributed by atoms with Gasteiger partial charge < -0.3 is 0 Å². The lowest BCUT2D eigenvalue weighted by molar-refractivity contribution is 0.680. The molecule has 4 nitrogen and oxygen atoms in total. The van der Waals surface area contributed by atoms with Gasteiger partial charge in [0, 0.05) is 11.9 Å². The molecule has 2 rings (SSSR count). The van der Waals surface area contributed by atoms with Gasteiger partial charge in [0.2, 0.25) is 0 Å². The van der Waals surface area contributed by atoms with Crippen molar-refractivity contribution in [2.75, 3.05) is 0 Å². The molecule has 0 saturated carbocycles. The normalized spacial score (nSPS) is 10.5. The van der Waals surface area contributed by atoms with Gasteiger partial charge in [-0.05, 0) is 48.6 Å². The third-order valence-electron chi connectivity index (χ3n) is 2.47. The fourth-order valence-corrected chi connectivity index (χ4v) is 2.02. The van der Waals surface area contributed by atoms with Gasteiger partial charge in [-0.15, -0.1) is 0 Å². The number of pyridine rings is 1. The Hall–Kier alpha value is -1.24. The second-order valence-electron chi connectivity index (χ2n) is 3.81. The molecule has 0 aliphatic rings. The van der Waals surface area contributed by atoms with Crippen LogP contribution in [-0.4, -0.2) is 14.5 Å². The van der Waals surface area contributed by atoms with Crippen molar-refractivity contribution in [3.63, 3.8) is 0 Å². The fourth-order valence-electron chi connectivity index (χ4n) is 1.59. The predicted octanol–water partition coefficient (Wildman–Crippen LogP) is 1.91. The molecule has 5 heteroatoms. The average molecular weight is 341 g/mol. The standard InChI is InChI=1S/C12H12IN3O/c1-8-4-3-5-10(15-8)7-16-9(2)14-6-11(13)12(16)17/h3-6H,7H2,1-2H3. The maximum Gasteiger partial charge on any atom is 0.267 e. The number of aromatic nitrogens is 3. The SMILES string of the molecule is Cc1cccc(Cn2c(C)ncc(I)c2=O)n1. The van der Waals surface area contributed by atoms with E-state index in [1.165, 1.54) is 0 Å². The molecule has 2 aromatic rings. The van der Waals surface area contributed by atoms with Gasteiger partial charge >= 0.3 is 0 Å². The highest BCUT2D eigenvalue weighted by molar-refractivity contribution is 14.1. The van der Waals surface area contributed by atoms with E-state index >= 15 is 0 Å². The van der Waals surface area contributed by atoms with Gasteiger partial charge in [-0.1, -0.05) is 6.07 Å². The first kappa shape index (κ1) is 12.2. The minimum atomic E-state index is -0.0126. The van der Waals surface area contributed by atoms with E-state index < -0.39 is 0 Å². The molecule has 0 spiro atoms. The molecule has 0 amide bonds. The minimum absolute atomic E-state index is 0.0126. The van der Waals surface area contributed by atoms with E-state index in [2.05, 4.69) is 9.97 Å². The van der Waals surface area contributed by atoms with Crippen LogP contribution in [0.15, 0.2) is 29.2 Å². The van der Waals surface area contributed by atoms with E-state index in [-0.39, 0.29) is 5.56 Å². The highest BCUT2D eigenvalue weighted by Gasteiger charge is 2.06. The smallest absolute Gasteiger partial charge is 0.267 e. The Bertz CT molecular complexity index is 607. The first-order valence-electron chi connectivity index (χ1n) is 5.22. The lowest BCUT2D eigenvalue weighted by Crippen LogP contribution is -2.26. The van der Waals surface area contributed by atoms with E-state index in [9.17, 15) is 4.79 Å². The summed E-state index contributed by atoms with van der Waals surface area (Å²) in [5, 5.41) is 0. The van der Waals surface area contributed by atoms with E-state index in [0.29, 0.717) is 15.9 Å². The van der Waals surface area contributed by atoms with Gasteiger partial charge in [-0.3, -0.25) is 14.3 Å². The summed E-state index contributed by atoms with van der Waals surface area (Å²) in [6.45, 7) is 4.23. The molecule has 0 N–H and O–H groups in total. The number of hydrogen-bond donors (Lipinski definition) is 0. The second-order valence-corrected chi connectivity index (χ2v) is 4.98. The highest BCUT2D eigenvalue weighted by atomic mass is 127. The molecule has 0 bridgehead atoms. The van der Waals surface area contributed by atoms with Crippen LogP contribution in [0.4, 0.5) is 0 Å². The first-order chi connectivity index (χ1) is 8.08. The predicted molar refractivity (Wildman–Crippen MR) is 74.0 cm³/mol. The van der Waals surface area contributed by atoms with Crippen LogP contribution >= 0.6 is 22.6 Å². The van der Waals surface area contributed by atoms with Crippen LogP contribution in [0, 0.1) is 17.4 Å². The molecular formula is C12H12IN3O. The van der Waals surface area contributed by atoms with Crippen LogP contribution < -0.4 is 5.56 Å². The molecule has 0 unspecified atom stereocenters. The van der Waals surface area contributed by atoms with Crippen molar-refractivity contribution in [1.82, 2.24) is 14.5 Å². The van der Waals surface area contributed by atoms with Gasteiger partial charge in [-0.25, -0.2) is 4.98 Å². The molecule has 0 fully saturated rings. The second kappa shape index (κ2) is 4.95. The van der Waals surface area contributed by atoms with Crippen molar-refractivity contribution in [2.24, 2.45) is 0 Å². The minimum Gasteiger partial charge on any atom is -0.290 e. The summed E-state index contributed by atoms with van der Waals surface area (Å²) in [6, 6.07) is 5.80. The van der Waals surface area contributed by atoms with E-state index in [1.54, 1.807) is 10.8 Å². The maximum absolute atomic E-state index is 12.0. The monoisotopic (exact) mass is 341 g/mol. The molecular weight excluding hydrogens is 329 g/mol. The van der Waals surface area contributed by atoms with Gasteiger partial charge in [0.25, 0.3) is 5.56 Å². The number of rotatable bonds is 2. The summed E-state index contributed by atoms with van der Waals surface area (Å²) in [6.07, 6.45) is 1.60. The summed E-state index contributed by atoms with van der Waals surface area (Å²) in [5.41, 5.74) is 1.81. The van der Waals surface area contributed by atoms with E-state index in [0.717, 1.165) is 11.4 Å². The van der Waals surface area contributed by atoms with Crippen LogP contribution in [0.25, 0.3) is 0 Å². The summed E-state index contributed by atoms with van der Waals surface area (Å²) in [5.74, 6) is 0.707. The fraction of sp³-hybridized carbons (Fsp3) is 0.250. The van der Waals surface area contributed by atoms with Crippen LogP contribution in [0.1, 0.15) is 17.2 Å². The Kier molecular flexibility index (Phi) is 3.56.